The van der Waals surface area contributed by atoms with Crippen LogP contribution in [0.25, 0.3) is 10.9 Å². The minimum Gasteiger partial charge on any atom is -0.493 e. The second kappa shape index (κ2) is 5.93. The van der Waals surface area contributed by atoms with Crippen LogP contribution in [0.5, 0.6) is 11.5 Å². The minimum atomic E-state index is 0.676. The van der Waals surface area contributed by atoms with Crippen molar-refractivity contribution in [1.82, 2.24) is 4.98 Å². The molecule has 2 aromatic carbocycles. The maximum absolute atomic E-state index is 5.39. The summed E-state index contributed by atoms with van der Waals surface area (Å²) in [5, 5.41) is 4.46. The molecule has 22 heavy (non-hydrogen) atoms. The Morgan fingerprint density at radius 3 is 2.36 bits per heavy atom. The quantitative estimate of drug-likeness (QED) is 0.779. The average Bonchev–Trinajstić information content (AvgIpc) is 2.56. The predicted octanol–water partition coefficient (Wildman–Crippen LogP) is 4.30. The summed E-state index contributed by atoms with van der Waals surface area (Å²) in [5.74, 6) is 1.37. The molecular formula is C18H18N2O2. The summed E-state index contributed by atoms with van der Waals surface area (Å²) in [4.78, 5) is 4.41. The average molecular weight is 294 g/mol. The molecule has 0 amide bonds. The van der Waals surface area contributed by atoms with Crippen molar-refractivity contribution >= 4 is 22.3 Å². The van der Waals surface area contributed by atoms with Crippen LogP contribution in [0.1, 0.15) is 5.56 Å². The zero-order valence-corrected chi connectivity index (χ0v) is 12.9. The maximum Gasteiger partial charge on any atom is 0.162 e. The number of aryl methyl sites for hydroxylation is 1. The first-order valence-corrected chi connectivity index (χ1v) is 7.06. The molecule has 0 bridgehead atoms. The van der Waals surface area contributed by atoms with Gasteiger partial charge in [-0.2, -0.15) is 0 Å². The van der Waals surface area contributed by atoms with E-state index in [9.17, 15) is 0 Å². The van der Waals surface area contributed by atoms with Gasteiger partial charge in [0.05, 0.1) is 19.7 Å². The summed E-state index contributed by atoms with van der Waals surface area (Å²) in [6, 6.07) is 14.0. The lowest BCUT2D eigenvalue weighted by molar-refractivity contribution is 0.356. The Hall–Kier alpha value is -2.75. The smallest absolute Gasteiger partial charge is 0.162 e. The van der Waals surface area contributed by atoms with Crippen LogP contribution in [-0.4, -0.2) is 19.2 Å². The Kier molecular flexibility index (Phi) is 3.83. The highest BCUT2D eigenvalue weighted by atomic mass is 16.5. The normalized spacial score (nSPS) is 10.5. The lowest BCUT2D eigenvalue weighted by atomic mass is 10.1. The Bertz CT molecular complexity index is 815. The van der Waals surface area contributed by atoms with E-state index in [1.807, 2.05) is 30.3 Å². The SMILES string of the molecule is COc1cc2nccc(Nc3ccccc3C)c2cc1OC. The zero-order chi connectivity index (χ0) is 15.5. The Morgan fingerprint density at radius 2 is 1.64 bits per heavy atom. The molecule has 0 saturated carbocycles. The summed E-state index contributed by atoms with van der Waals surface area (Å²) in [6.07, 6.45) is 1.79. The molecule has 1 aromatic heterocycles. The number of nitrogens with one attached hydrogen (secondary N) is 1. The van der Waals surface area contributed by atoms with E-state index in [1.165, 1.54) is 5.56 Å². The largest absolute Gasteiger partial charge is 0.493 e. The second-order valence-electron chi connectivity index (χ2n) is 5.02. The van der Waals surface area contributed by atoms with Crippen LogP contribution in [0.4, 0.5) is 11.4 Å². The van der Waals surface area contributed by atoms with Crippen molar-refractivity contribution in [2.24, 2.45) is 0 Å². The number of anilines is 2. The molecular weight excluding hydrogens is 276 g/mol. The number of rotatable bonds is 4. The molecule has 1 heterocycles. The summed E-state index contributed by atoms with van der Waals surface area (Å²) in [7, 11) is 3.26. The fraction of sp³-hybridized carbons (Fsp3) is 0.167. The van der Waals surface area contributed by atoms with Crippen molar-refractivity contribution in [3.05, 3.63) is 54.2 Å². The number of fused-ring (bicyclic) bond motifs is 1. The molecule has 0 spiro atoms. The van der Waals surface area contributed by atoms with E-state index >= 15 is 0 Å². The van der Waals surface area contributed by atoms with E-state index < -0.39 is 0 Å². The predicted molar refractivity (Wildman–Crippen MR) is 89.3 cm³/mol. The van der Waals surface area contributed by atoms with Gasteiger partial charge in [0.15, 0.2) is 11.5 Å². The molecule has 0 atom stereocenters. The molecule has 0 aliphatic carbocycles. The summed E-state index contributed by atoms with van der Waals surface area (Å²) in [6.45, 7) is 2.08. The van der Waals surface area contributed by atoms with E-state index in [1.54, 1.807) is 20.4 Å². The highest BCUT2D eigenvalue weighted by molar-refractivity contribution is 5.95. The summed E-state index contributed by atoms with van der Waals surface area (Å²) in [5.41, 5.74) is 4.11. The molecule has 3 rings (SSSR count). The van der Waals surface area contributed by atoms with E-state index in [4.69, 9.17) is 9.47 Å². The number of ether oxygens (including phenoxy) is 2. The highest BCUT2D eigenvalue weighted by Crippen LogP contribution is 2.35. The number of hydrogen-bond donors (Lipinski definition) is 1. The van der Waals surface area contributed by atoms with Crippen LogP contribution in [0, 0.1) is 6.92 Å². The number of nitrogens with zero attached hydrogens (tertiary/aromatic N) is 1. The number of aromatic nitrogens is 1. The number of benzene rings is 2. The van der Waals surface area contributed by atoms with Crippen LogP contribution in [-0.2, 0) is 0 Å². The van der Waals surface area contributed by atoms with Crippen LogP contribution in [0.3, 0.4) is 0 Å². The van der Waals surface area contributed by atoms with Gasteiger partial charge in [-0.25, -0.2) is 0 Å². The molecule has 112 valence electrons. The highest BCUT2D eigenvalue weighted by Gasteiger charge is 2.10. The number of para-hydroxylation sites is 1. The zero-order valence-electron chi connectivity index (χ0n) is 12.9. The molecule has 1 N–H and O–H groups in total. The minimum absolute atomic E-state index is 0.676. The lowest BCUT2D eigenvalue weighted by Crippen LogP contribution is -1.96. The molecule has 0 radical (unpaired) electrons. The van der Waals surface area contributed by atoms with Gasteiger partial charge in [0.1, 0.15) is 0 Å². The molecule has 0 saturated heterocycles. The van der Waals surface area contributed by atoms with Gasteiger partial charge in [0.2, 0.25) is 0 Å². The van der Waals surface area contributed by atoms with Crippen molar-refractivity contribution in [3.63, 3.8) is 0 Å². The number of hydrogen-bond acceptors (Lipinski definition) is 4. The molecule has 0 fully saturated rings. The third kappa shape index (κ3) is 2.55. The standard InChI is InChI=1S/C18H18N2O2/c1-12-6-4-5-7-14(12)20-15-8-9-19-16-11-18(22-3)17(21-2)10-13(15)16/h4-11H,1-3H3,(H,19,20). The number of methoxy groups -OCH3 is 2. The number of pyridine rings is 1. The Morgan fingerprint density at radius 1 is 0.909 bits per heavy atom. The van der Waals surface area contributed by atoms with Gasteiger partial charge in [-0.15, -0.1) is 0 Å². The Balaban J connectivity index is 2.12. The van der Waals surface area contributed by atoms with Gasteiger partial charge in [0, 0.05) is 29.0 Å². The van der Waals surface area contributed by atoms with Crippen LogP contribution < -0.4 is 14.8 Å². The fourth-order valence-corrected chi connectivity index (χ4v) is 2.44. The molecule has 4 nitrogen and oxygen atoms in total. The van der Waals surface area contributed by atoms with Crippen molar-refractivity contribution in [2.45, 2.75) is 6.92 Å². The second-order valence-corrected chi connectivity index (χ2v) is 5.02. The van der Waals surface area contributed by atoms with E-state index in [0.29, 0.717) is 11.5 Å². The Labute approximate surface area is 129 Å². The lowest BCUT2D eigenvalue weighted by Gasteiger charge is -2.14. The third-order valence-corrected chi connectivity index (χ3v) is 3.66. The van der Waals surface area contributed by atoms with Crippen LogP contribution in [0.15, 0.2) is 48.7 Å². The monoisotopic (exact) mass is 294 g/mol. The van der Waals surface area contributed by atoms with E-state index in [-0.39, 0.29) is 0 Å². The third-order valence-electron chi connectivity index (χ3n) is 3.66. The van der Waals surface area contributed by atoms with Gasteiger partial charge in [-0.3, -0.25) is 4.98 Å². The molecule has 4 heteroatoms. The topological polar surface area (TPSA) is 43.4 Å². The van der Waals surface area contributed by atoms with Crippen LogP contribution >= 0.6 is 0 Å². The van der Waals surface area contributed by atoms with Crippen LogP contribution in [0.2, 0.25) is 0 Å². The van der Waals surface area contributed by atoms with Gasteiger partial charge in [-0.05, 0) is 30.7 Å². The first kappa shape index (κ1) is 14.2. The van der Waals surface area contributed by atoms with Gasteiger partial charge in [0.25, 0.3) is 0 Å². The molecule has 3 aromatic rings. The van der Waals surface area contributed by atoms with Crippen molar-refractivity contribution < 1.29 is 9.47 Å². The molecule has 0 aliphatic heterocycles. The molecule has 0 aliphatic rings. The van der Waals surface area contributed by atoms with Gasteiger partial charge < -0.3 is 14.8 Å². The van der Waals surface area contributed by atoms with Gasteiger partial charge in [-0.1, -0.05) is 18.2 Å². The first-order valence-electron chi connectivity index (χ1n) is 7.06. The van der Waals surface area contributed by atoms with E-state index in [0.717, 1.165) is 22.3 Å². The molecule has 0 unspecified atom stereocenters. The maximum atomic E-state index is 5.39. The fourth-order valence-electron chi connectivity index (χ4n) is 2.44. The summed E-state index contributed by atoms with van der Waals surface area (Å²) >= 11 is 0. The van der Waals surface area contributed by atoms with Gasteiger partial charge >= 0.3 is 0 Å². The van der Waals surface area contributed by atoms with Crippen molar-refractivity contribution in [3.8, 4) is 11.5 Å². The van der Waals surface area contributed by atoms with Crippen molar-refractivity contribution in [1.29, 1.82) is 0 Å². The van der Waals surface area contributed by atoms with Crippen molar-refractivity contribution in [2.75, 3.05) is 19.5 Å². The van der Waals surface area contributed by atoms with E-state index in [2.05, 4.69) is 29.4 Å². The summed E-state index contributed by atoms with van der Waals surface area (Å²) < 4.78 is 10.7. The first-order chi connectivity index (χ1) is 10.7.